The zero-order valence-corrected chi connectivity index (χ0v) is 21.0. The van der Waals surface area contributed by atoms with Crippen molar-refractivity contribution in [1.29, 1.82) is 0 Å². The first kappa shape index (κ1) is 24.6. The minimum atomic E-state index is -1.29. The number of aromatic amines is 1. The molecule has 0 unspecified atom stereocenters. The van der Waals surface area contributed by atoms with Gasteiger partial charge in [0.1, 0.15) is 11.3 Å². The standard InChI is InChI=1S/C25H28N6O3S/c1-5-34-23(32)20-21(25(3,4)33)26-24(35-6-2)31(20)15-16-11-13-17(14-12-16)18-9-7-8-10-19(18)22-27-29-30-28-22/h7-14,33H,5-6,15H2,1-4H3,(H,27,28,29,30). The number of nitrogens with zero attached hydrogens (tertiary/aromatic N) is 5. The van der Waals surface area contributed by atoms with Crippen LogP contribution in [0, 0.1) is 0 Å². The van der Waals surface area contributed by atoms with E-state index in [9.17, 15) is 9.90 Å². The molecule has 0 atom stereocenters. The lowest BCUT2D eigenvalue weighted by Gasteiger charge is -2.17. The van der Waals surface area contributed by atoms with Gasteiger partial charge in [0.05, 0.1) is 13.2 Å². The van der Waals surface area contributed by atoms with Crippen molar-refractivity contribution in [3.8, 4) is 22.5 Å². The van der Waals surface area contributed by atoms with Crippen LogP contribution < -0.4 is 0 Å². The number of nitrogens with one attached hydrogen (secondary N) is 1. The maximum atomic E-state index is 12.9. The molecule has 0 fully saturated rings. The molecule has 9 nitrogen and oxygen atoms in total. The van der Waals surface area contributed by atoms with Crippen molar-refractivity contribution in [1.82, 2.24) is 30.2 Å². The summed E-state index contributed by atoms with van der Waals surface area (Å²) in [6.45, 7) is 7.67. The molecule has 182 valence electrons. The fraction of sp³-hybridized carbons (Fsp3) is 0.320. The van der Waals surface area contributed by atoms with Crippen LogP contribution in [0.15, 0.2) is 53.7 Å². The first-order valence-corrected chi connectivity index (χ1v) is 12.4. The molecular formula is C25H28N6O3S. The molecular weight excluding hydrogens is 464 g/mol. The van der Waals surface area contributed by atoms with Gasteiger partial charge in [-0.2, -0.15) is 5.21 Å². The van der Waals surface area contributed by atoms with Gasteiger partial charge in [0.15, 0.2) is 10.9 Å². The molecule has 10 heteroatoms. The molecule has 0 spiro atoms. The van der Waals surface area contributed by atoms with E-state index in [-0.39, 0.29) is 12.3 Å². The van der Waals surface area contributed by atoms with Crippen molar-refractivity contribution < 1.29 is 14.6 Å². The lowest BCUT2D eigenvalue weighted by molar-refractivity contribution is 0.0469. The van der Waals surface area contributed by atoms with E-state index >= 15 is 0 Å². The van der Waals surface area contributed by atoms with Crippen LogP contribution in [-0.2, 0) is 16.9 Å². The Morgan fingerprint density at radius 3 is 2.43 bits per heavy atom. The lowest BCUT2D eigenvalue weighted by atomic mass is 9.98. The summed E-state index contributed by atoms with van der Waals surface area (Å²) < 4.78 is 7.15. The van der Waals surface area contributed by atoms with Crippen molar-refractivity contribution in [2.75, 3.05) is 12.4 Å². The second-order valence-electron chi connectivity index (χ2n) is 8.37. The van der Waals surface area contributed by atoms with Gasteiger partial charge in [-0.25, -0.2) is 9.78 Å². The number of thioether (sulfide) groups is 1. The quantitative estimate of drug-likeness (QED) is 0.262. The van der Waals surface area contributed by atoms with Crippen molar-refractivity contribution in [3.63, 3.8) is 0 Å². The van der Waals surface area contributed by atoms with E-state index in [2.05, 4.69) is 25.6 Å². The van der Waals surface area contributed by atoms with Gasteiger partial charge in [0.2, 0.25) is 5.82 Å². The Balaban J connectivity index is 1.71. The summed E-state index contributed by atoms with van der Waals surface area (Å²) in [5.74, 6) is 0.810. The summed E-state index contributed by atoms with van der Waals surface area (Å²) in [6.07, 6.45) is 0. The van der Waals surface area contributed by atoms with Crippen molar-refractivity contribution in [2.45, 2.75) is 45.0 Å². The molecule has 0 aliphatic carbocycles. The average Bonchev–Trinajstić information content (AvgIpc) is 3.49. The summed E-state index contributed by atoms with van der Waals surface area (Å²) in [7, 11) is 0. The molecule has 2 aromatic heterocycles. The van der Waals surface area contributed by atoms with Crippen LogP contribution >= 0.6 is 11.8 Å². The van der Waals surface area contributed by atoms with Crippen molar-refractivity contribution >= 4 is 17.7 Å². The van der Waals surface area contributed by atoms with E-state index < -0.39 is 11.6 Å². The highest BCUT2D eigenvalue weighted by molar-refractivity contribution is 7.99. The van der Waals surface area contributed by atoms with Crippen LogP contribution in [0.1, 0.15) is 49.4 Å². The summed E-state index contributed by atoms with van der Waals surface area (Å²) in [4.78, 5) is 17.5. The Morgan fingerprint density at radius 2 is 1.83 bits per heavy atom. The van der Waals surface area contributed by atoms with Gasteiger partial charge in [0, 0.05) is 5.56 Å². The Kier molecular flexibility index (Phi) is 7.32. The van der Waals surface area contributed by atoms with Crippen LogP contribution in [0.5, 0.6) is 0 Å². The Bertz CT molecular complexity index is 1290. The number of rotatable bonds is 9. The Morgan fingerprint density at radius 1 is 1.11 bits per heavy atom. The van der Waals surface area contributed by atoms with Gasteiger partial charge in [-0.3, -0.25) is 0 Å². The number of esters is 1. The van der Waals surface area contributed by atoms with Gasteiger partial charge in [0.25, 0.3) is 0 Å². The molecule has 2 heterocycles. The molecule has 0 amide bonds. The second kappa shape index (κ2) is 10.4. The lowest BCUT2D eigenvalue weighted by Crippen LogP contribution is -2.23. The van der Waals surface area contributed by atoms with E-state index in [1.807, 2.05) is 60.0 Å². The minimum absolute atomic E-state index is 0.236. The molecule has 0 saturated carbocycles. The second-order valence-corrected chi connectivity index (χ2v) is 9.60. The molecule has 35 heavy (non-hydrogen) atoms. The zero-order chi connectivity index (χ0) is 25.0. The van der Waals surface area contributed by atoms with E-state index in [4.69, 9.17) is 4.74 Å². The monoisotopic (exact) mass is 492 g/mol. The number of carbonyl (C=O) groups excluding carboxylic acids is 1. The molecule has 0 radical (unpaired) electrons. The number of hydrogen-bond acceptors (Lipinski definition) is 8. The largest absolute Gasteiger partial charge is 0.461 e. The van der Waals surface area contributed by atoms with E-state index in [1.54, 1.807) is 20.8 Å². The van der Waals surface area contributed by atoms with Crippen LogP contribution in [-0.4, -0.2) is 53.6 Å². The number of aliphatic hydroxyl groups is 1. The molecule has 0 aliphatic heterocycles. The van der Waals surface area contributed by atoms with Gasteiger partial charge in [-0.15, -0.1) is 10.2 Å². The number of aromatic nitrogens is 6. The third kappa shape index (κ3) is 5.28. The van der Waals surface area contributed by atoms with Crippen LogP contribution in [0.4, 0.5) is 0 Å². The molecule has 0 aliphatic rings. The van der Waals surface area contributed by atoms with E-state index in [0.29, 0.717) is 23.2 Å². The molecule has 4 aromatic rings. The van der Waals surface area contributed by atoms with Gasteiger partial charge >= 0.3 is 5.97 Å². The molecule has 2 N–H and O–H groups in total. The first-order valence-electron chi connectivity index (χ1n) is 11.4. The smallest absolute Gasteiger partial charge is 0.357 e. The maximum Gasteiger partial charge on any atom is 0.357 e. The summed E-state index contributed by atoms with van der Waals surface area (Å²) >= 11 is 1.52. The van der Waals surface area contributed by atoms with Gasteiger partial charge < -0.3 is 14.4 Å². The fourth-order valence-corrected chi connectivity index (χ4v) is 4.56. The molecule has 2 aromatic carbocycles. The number of hydrogen-bond donors (Lipinski definition) is 2. The van der Waals surface area contributed by atoms with Crippen LogP contribution in [0.2, 0.25) is 0 Å². The summed E-state index contributed by atoms with van der Waals surface area (Å²) in [5.41, 5.74) is 3.16. The number of benzene rings is 2. The van der Waals surface area contributed by atoms with Gasteiger partial charge in [-0.05, 0) is 48.4 Å². The highest BCUT2D eigenvalue weighted by Crippen LogP contribution is 2.32. The number of H-pyrrole nitrogens is 1. The number of carbonyl (C=O) groups is 1. The topological polar surface area (TPSA) is 119 Å². The van der Waals surface area contributed by atoms with E-state index in [1.165, 1.54) is 11.8 Å². The number of imidazole rings is 1. The zero-order valence-electron chi connectivity index (χ0n) is 20.1. The van der Waals surface area contributed by atoms with Gasteiger partial charge in [-0.1, -0.05) is 67.2 Å². The molecule has 4 rings (SSSR count). The average molecular weight is 493 g/mol. The number of tetrazole rings is 1. The Labute approximate surface area is 207 Å². The predicted octanol–water partition coefficient (Wildman–Crippen LogP) is 4.29. The first-order chi connectivity index (χ1) is 16.8. The summed E-state index contributed by atoms with van der Waals surface area (Å²) in [6, 6.07) is 16.0. The highest BCUT2D eigenvalue weighted by atomic mass is 32.2. The summed E-state index contributed by atoms with van der Waals surface area (Å²) in [5, 5.41) is 25.8. The normalized spacial score (nSPS) is 11.6. The maximum absolute atomic E-state index is 12.9. The molecule has 0 bridgehead atoms. The fourth-order valence-electron chi connectivity index (χ4n) is 3.83. The third-order valence-electron chi connectivity index (χ3n) is 5.37. The highest BCUT2D eigenvalue weighted by Gasteiger charge is 2.32. The van der Waals surface area contributed by atoms with Crippen molar-refractivity contribution in [3.05, 3.63) is 65.5 Å². The predicted molar refractivity (Wildman–Crippen MR) is 134 cm³/mol. The molecule has 0 saturated heterocycles. The number of ether oxygens (including phenoxy) is 1. The van der Waals surface area contributed by atoms with Crippen LogP contribution in [0.3, 0.4) is 0 Å². The Hall–Kier alpha value is -3.50. The third-order valence-corrected chi connectivity index (χ3v) is 6.23. The SMILES string of the molecule is CCOC(=O)c1c(C(C)(C)O)nc(SCC)n1Cc1ccc(-c2ccccc2-c2nn[nH]n2)cc1. The minimum Gasteiger partial charge on any atom is -0.461 e. The van der Waals surface area contributed by atoms with Crippen LogP contribution in [0.25, 0.3) is 22.5 Å². The van der Waals surface area contributed by atoms with E-state index in [0.717, 1.165) is 28.0 Å². The van der Waals surface area contributed by atoms with Crippen molar-refractivity contribution in [2.24, 2.45) is 0 Å².